The maximum atomic E-state index is 13.8. The number of carbonyl (C=O) groups excluding carboxylic acids is 3. The smallest absolute Gasteiger partial charge is 0.340 e. The molecule has 0 saturated heterocycles. The molecule has 2 aliphatic rings. The fourth-order valence-electron chi connectivity index (χ4n) is 6.17. The molecule has 1 aromatic carbocycles. The van der Waals surface area contributed by atoms with Crippen LogP contribution in [-0.2, 0) is 17.7 Å². The minimum Gasteiger partial charge on any atom is -0.467 e. The lowest BCUT2D eigenvalue weighted by Gasteiger charge is -2.23. The molecule has 8 nitrogen and oxygen atoms in total. The Bertz CT molecular complexity index is 1440. The highest BCUT2D eigenvalue weighted by atomic mass is 16.5. The summed E-state index contributed by atoms with van der Waals surface area (Å²) in [5.41, 5.74) is 3.85. The highest BCUT2D eigenvalue weighted by Gasteiger charge is 2.39. The van der Waals surface area contributed by atoms with Crippen molar-refractivity contribution in [2.45, 2.75) is 85.2 Å². The van der Waals surface area contributed by atoms with Crippen molar-refractivity contribution in [3.63, 3.8) is 0 Å². The van der Waals surface area contributed by atoms with Crippen LogP contribution in [0.3, 0.4) is 0 Å². The van der Waals surface area contributed by atoms with Gasteiger partial charge in [-0.1, -0.05) is 71.9 Å². The number of hydrogen-bond donors (Lipinski definition) is 2. The van der Waals surface area contributed by atoms with E-state index in [0.717, 1.165) is 6.42 Å². The van der Waals surface area contributed by atoms with Crippen molar-refractivity contribution in [2.24, 2.45) is 17.8 Å². The third-order valence-electron chi connectivity index (χ3n) is 8.48. The minimum atomic E-state index is -0.460. The first-order valence-electron chi connectivity index (χ1n) is 15.7. The molecule has 0 bridgehead atoms. The molecular weight excluding hydrogens is 542 g/mol. The van der Waals surface area contributed by atoms with Gasteiger partial charge < -0.3 is 19.8 Å². The van der Waals surface area contributed by atoms with Gasteiger partial charge >= 0.3 is 5.97 Å². The van der Waals surface area contributed by atoms with Gasteiger partial charge in [0.2, 0.25) is 0 Å². The van der Waals surface area contributed by atoms with E-state index in [1.807, 2.05) is 13.8 Å². The Kier molecular flexibility index (Phi) is 9.63. The Morgan fingerprint density at radius 2 is 1.79 bits per heavy atom. The van der Waals surface area contributed by atoms with Gasteiger partial charge in [0.15, 0.2) is 0 Å². The van der Waals surface area contributed by atoms with Gasteiger partial charge in [-0.05, 0) is 60.4 Å². The lowest BCUT2D eigenvalue weighted by atomic mass is 9.84. The van der Waals surface area contributed by atoms with E-state index in [0.29, 0.717) is 57.3 Å². The topological polar surface area (TPSA) is 111 Å². The number of ether oxygens (including phenoxy) is 1. The zero-order chi connectivity index (χ0) is 30.5. The number of rotatable bonds is 11. The second-order valence-electron chi connectivity index (χ2n) is 12.6. The van der Waals surface area contributed by atoms with Gasteiger partial charge in [0.1, 0.15) is 5.76 Å². The number of pyridine rings is 1. The summed E-state index contributed by atoms with van der Waals surface area (Å²) < 4.78 is 11.1. The average Bonchev–Trinajstić information content (AvgIpc) is 3.65. The van der Waals surface area contributed by atoms with Gasteiger partial charge in [0, 0.05) is 11.1 Å². The van der Waals surface area contributed by atoms with Gasteiger partial charge in [-0.15, -0.1) is 0 Å². The predicted molar refractivity (Wildman–Crippen MR) is 165 cm³/mol. The van der Waals surface area contributed by atoms with E-state index in [4.69, 9.17) is 14.1 Å². The molecule has 1 atom stereocenters. The molecule has 0 spiro atoms. The second kappa shape index (κ2) is 13.6. The number of benzene rings is 1. The van der Waals surface area contributed by atoms with Crippen molar-refractivity contribution in [1.82, 2.24) is 15.6 Å². The number of aryl methyl sites for hydroxylation is 1. The van der Waals surface area contributed by atoms with Crippen LogP contribution in [0.15, 0.2) is 47.1 Å². The summed E-state index contributed by atoms with van der Waals surface area (Å²) in [7, 11) is 0. The van der Waals surface area contributed by atoms with Crippen LogP contribution in [0.2, 0.25) is 0 Å². The summed E-state index contributed by atoms with van der Waals surface area (Å²) >= 11 is 0. The maximum Gasteiger partial charge on any atom is 0.340 e. The number of nitrogens with one attached hydrogen (secondary N) is 2. The molecule has 2 N–H and O–H groups in total. The lowest BCUT2D eigenvalue weighted by molar-refractivity contribution is 0.0457. The standard InChI is InChI=1S/C35H43N3O5/c1-21(2)20-43-35(41)29-27(17-12-23-9-6-5-7-10-23)37-32-30(34(40)38-31(32)22(3)4)28(29)24-13-15-25(16-14-24)33(39)36-19-26-11-8-18-42-26/h8,11,13-16,18,21-23,31H,5-7,9-10,12,17,19-20H2,1-4H3,(H,36,39)(H,38,40). The Morgan fingerprint density at radius 1 is 1.05 bits per heavy atom. The fourth-order valence-corrected chi connectivity index (χ4v) is 6.17. The van der Waals surface area contributed by atoms with Crippen molar-refractivity contribution in [3.05, 3.63) is 76.5 Å². The number of amides is 2. The molecule has 1 saturated carbocycles. The first-order chi connectivity index (χ1) is 20.7. The molecule has 3 aromatic rings. The van der Waals surface area contributed by atoms with Crippen LogP contribution in [0.1, 0.15) is 120 Å². The molecule has 1 aliphatic carbocycles. The maximum absolute atomic E-state index is 13.8. The first kappa shape index (κ1) is 30.5. The van der Waals surface area contributed by atoms with Crippen LogP contribution in [0.25, 0.3) is 11.1 Å². The van der Waals surface area contributed by atoms with Gasteiger partial charge in [-0.2, -0.15) is 0 Å². The van der Waals surface area contributed by atoms with Crippen molar-refractivity contribution in [1.29, 1.82) is 0 Å². The summed E-state index contributed by atoms with van der Waals surface area (Å²) in [6.45, 7) is 8.66. The molecule has 1 fully saturated rings. The van der Waals surface area contributed by atoms with Crippen LogP contribution >= 0.6 is 0 Å². The molecule has 1 unspecified atom stereocenters. The SMILES string of the molecule is CC(C)COC(=O)c1c(CCC2CCCCC2)nc2c(c1-c1ccc(C(=O)NCc3ccco3)cc1)C(=O)NC2C(C)C. The molecule has 43 heavy (non-hydrogen) atoms. The number of esters is 1. The summed E-state index contributed by atoms with van der Waals surface area (Å²) in [6, 6.07) is 10.4. The molecule has 2 aromatic heterocycles. The van der Waals surface area contributed by atoms with Crippen LogP contribution in [0, 0.1) is 17.8 Å². The van der Waals surface area contributed by atoms with Gasteiger partial charge in [0.05, 0.1) is 48.0 Å². The Balaban J connectivity index is 1.56. The Hall–Kier alpha value is -3.94. The zero-order valence-corrected chi connectivity index (χ0v) is 25.7. The molecule has 2 amide bonds. The van der Waals surface area contributed by atoms with Gasteiger partial charge in [-0.25, -0.2) is 4.79 Å². The third kappa shape index (κ3) is 7.00. The van der Waals surface area contributed by atoms with E-state index in [-0.39, 0.29) is 42.8 Å². The van der Waals surface area contributed by atoms with Crippen molar-refractivity contribution in [3.8, 4) is 11.1 Å². The molecule has 0 radical (unpaired) electrons. The van der Waals surface area contributed by atoms with E-state index in [2.05, 4.69) is 24.5 Å². The molecule has 8 heteroatoms. The number of aromatic nitrogens is 1. The third-order valence-corrected chi connectivity index (χ3v) is 8.48. The highest BCUT2D eigenvalue weighted by Crippen LogP contribution is 2.40. The molecule has 3 heterocycles. The van der Waals surface area contributed by atoms with E-state index < -0.39 is 5.97 Å². The molecule has 228 valence electrons. The van der Waals surface area contributed by atoms with E-state index in [1.165, 1.54) is 32.1 Å². The van der Waals surface area contributed by atoms with E-state index in [1.54, 1.807) is 42.7 Å². The summed E-state index contributed by atoms with van der Waals surface area (Å²) in [6.07, 6.45) is 9.31. The quantitative estimate of drug-likeness (QED) is 0.234. The number of hydrogen-bond acceptors (Lipinski definition) is 6. The van der Waals surface area contributed by atoms with E-state index >= 15 is 0 Å². The van der Waals surface area contributed by atoms with Crippen LogP contribution in [0.5, 0.6) is 0 Å². The lowest BCUT2D eigenvalue weighted by Crippen LogP contribution is -2.23. The minimum absolute atomic E-state index is 0.121. The Labute approximate surface area is 254 Å². The van der Waals surface area contributed by atoms with Crippen molar-refractivity contribution in [2.75, 3.05) is 6.61 Å². The number of carbonyl (C=O) groups is 3. The number of nitrogens with zero attached hydrogens (tertiary/aromatic N) is 1. The monoisotopic (exact) mass is 585 g/mol. The van der Waals surface area contributed by atoms with Gasteiger partial charge in [-0.3, -0.25) is 14.6 Å². The summed E-state index contributed by atoms with van der Waals surface area (Å²) in [4.78, 5) is 45.3. The van der Waals surface area contributed by atoms with Crippen LogP contribution in [0.4, 0.5) is 0 Å². The Morgan fingerprint density at radius 3 is 2.44 bits per heavy atom. The zero-order valence-electron chi connectivity index (χ0n) is 25.7. The first-order valence-corrected chi connectivity index (χ1v) is 15.7. The summed E-state index contributed by atoms with van der Waals surface area (Å²) in [5.74, 6) is 0.598. The molecule has 5 rings (SSSR count). The second-order valence-corrected chi connectivity index (χ2v) is 12.6. The molecular formula is C35H43N3O5. The van der Waals surface area contributed by atoms with Crippen LogP contribution < -0.4 is 10.6 Å². The average molecular weight is 586 g/mol. The van der Waals surface area contributed by atoms with Gasteiger partial charge in [0.25, 0.3) is 11.8 Å². The highest BCUT2D eigenvalue weighted by molar-refractivity contribution is 6.11. The van der Waals surface area contributed by atoms with Crippen molar-refractivity contribution < 1.29 is 23.5 Å². The number of fused-ring (bicyclic) bond motifs is 1. The fraction of sp³-hybridized carbons (Fsp3) is 0.486. The van der Waals surface area contributed by atoms with Crippen LogP contribution in [-0.4, -0.2) is 29.4 Å². The number of furan rings is 1. The predicted octanol–water partition coefficient (Wildman–Crippen LogP) is 7.04. The summed E-state index contributed by atoms with van der Waals surface area (Å²) in [5, 5.41) is 5.97. The normalized spacial score (nSPS) is 16.8. The molecule has 1 aliphatic heterocycles. The van der Waals surface area contributed by atoms with E-state index in [9.17, 15) is 14.4 Å². The van der Waals surface area contributed by atoms with Crippen molar-refractivity contribution >= 4 is 17.8 Å². The largest absolute Gasteiger partial charge is 0.467 e.